The lowest BCUT2D eigenvalue weighted by atomic mass is 10.1. The van der Waals surface area contributed by atoms with Crippen molar-refractivity contribution in [1.29, 1.82) is 0 Å². The van der Waals surface area contributed by atoms with Crippen molar-refractivity contribution in [1.82, 2.24) is 5.48 Å². The molecule has 2 rings (SSSR count). The van der Waals surface area contributed by atoms with Gasteiger partial charge >= 0.3 is 0 Å². The molecule has 0 radical (unpaired) electrons. The molecule has 0 atom stereocenters. The van der Waals surface area contributed by atoms with Crippen molar-refractivity contribution < 1.29 is 31.6 Å². The van der Waals surface area contributed by atoms with Crippen molar-refractivity contribution in [3.05, 3.63) is 34.6 Å². The lowest BCUT2D eigenvalue weighted by Crippen LogP contribution is -2.30. The SMILES string of the molecule is O=C(NOC1CCCC1)c1c(F)c(F)c(F)c(F)c1F. The summed E-state index contributed by atoms with van der Waals surface area (Å²) in [4.78, 5) is 16.4. The van der Waals surface area contributed by atoms with Gasteiger partial charge in [0.1, 0.15) is 5.56 Å². The van der Waals surface area contributed by atoms with Gasteiger partial charge in [-0.25, -0.2) is 27.4 Å². The van der Waals surface area contributed by atoms with Crippen LogP contribution in [0.15, 0.2) is 0 Å². The number of hydroxylamine groups is 1. The number of carbonyl (C=O) groups excluding carboxylic acids is 1. The average Bonchev–Trinajstić information content (AvgIpc) is 2.94. The summed E-state index contributed by atoms with van der Waals surface area (Å²) in [6, 6.07) is 0. The molecule has 1 fully saturated rings. The Morgan fingerprint density at radius 1 is 0.900 bits per heavy atom. The number of halogens is 5. The third-order valence-electron chi connectivity index (χ3n) is 3.06. The highest BCUT2D eigenvalue weighted by molar-refractivity contribution is 5.94. The van der Waals surface area contributed by atoms with E-state index in [1.807, 2.05) is 0 Å². The number of hydrogen-bond acceptors (Lipinski definition) is 2. The highest BCUT2D eigenvalue weighted by Gasteiger charge is 2.30. The van der Waals surface area contributed by atoms with Crippen LogP contribution in [0.1, 0.15) is 36.0 Å². The largest absolute Gasteiger partial charge is 0.281 e. The first kappa shape index (κ1) is 14.7. The standard InChI is InChI=1S/C12H10F5NO2/c13-7-6(8(14)10(16)11(17)9(7)15)12(19)18-20-5-3-1-2-4-5/h5H,1-4H2,(H,18,19). The molecule has 0 saturated heterocycles. The summed E-state index contributed by atoms with van der Waals surface area (Å²) in [5.41, 5.74) is 0.166. The maximum Gasteiger partial charge on any atom is 0.281 e. The van der Waals surface area contributed by atoms with Crippen molar-refractivity contribution in [2.45, 2.75) is 31.8 Å². The van der Waals surface area contributed by atoms with Gasteiger partial charge in [-0.2, -0.15) is 0 Å². The Labute approximate surface area is 110 Å². The number of rotatable bonds is 3. The molecule has 0 spiro atoms. The van der Waals surface area contributed by atoms with Gasteiger partial charge in [-0.05, 0) is 12.8 Å². The fourth-order valence-corrected chi connectivity index (χ4v) is 2.00. The maximum absolute atomic E-state index is 13.3. The molecule has 1 saturated carbocycles. The molecule has 0 aliphatic heterocycles. The minimum Gasteiger partial charge on any atom is -0.270 e. The zero-order valence-corrected chi connectivity index (χ0v) is 10.1. The molecule has 1 aliphatic carbocycles. The lowest BCUT2D eigenvalue weighted by Gasteiger charge is -2.12. The van der Waals surface area contributed by atoms with Gasteiger partial charge in [-0.3, -0.25) is 9.63 Å². The summed E-state index contributed by atoms with van der Waals surface area (Å²) in [5, 5.41) is 0. The number of nitrogens with one attached hydrogen (secondary N) is 1. The van der Waals surface area contributed by atoms with Crippen LogP contribution in [0.5, 0.6) is 0 Å². The van der Waals surface area contributed by atoms with Crippen LogP contribution < -0.4 is 5.48 Å². The Kier molecular flexibility index (Phi) is 4.22. The zero-order chi connectivity index (χ0) is 14.9. The maximum atomic E-state index is 13.3. The van der Waals surface area contributed by atoms with Gasteiger partial charge in [0.05, 0.1) is 6.10 Å². The van der Waals surface area contributed by atoms with Crippen LogP contribution in [-0.2, 0) is 4.84 Å². The number of benzene rings is 1. The van der Waals surface area contributed by atoms with Crippen molar-refractivity contribution in [2.75, 3.05) is 0 Å². The van der Waals surface area contributed by atoms with Crippen LogP contribution in [-0.4, -0.2) is 12.0 Å². The predicted octanol–water partition coefficient (Wildman–Crippen LogP) is 2.99. The van der Waals surface area contributed by atoms with E-state index in [0.29, 0.717) is 12.8 Å². The first-order valence-electron chi connectivity index (χ1n) is 5.91. The van der Waals surface area contributed by atoms with Crippen LogP contribution in [0.3, 0.4) is 0 Å². The zero-order valence-electron chi connectivity index (χ0n) is 10.1. The van der Waals surface area contributed by atoms with Crippen molar-refractivity contribution >= 4 is 5.91 Å². The molecule has 1 amide bonds. The molecular formula is C12H10F5NO2. The Morgan fingerprint density at radius 2 is 1.35 bits per heavy atom. The van der Waals surface area contributed by atoms with E-state index >= 15 is 0 Å². The normalized spacial score (nSPS) is 15.7. The van der Waals surface area contributed by atoms with Crippen LogP contribution in [0.2, 0.25) is 0 Å². The van der Waals surface area contributed by atoms with Crippen molar-refractivity contribution in [3.63, 3.8) is 0 Å². The summed E-state index contributed by atoms with van der Waals surface area (Å²) in [7, 11) is 0. The summed E-state index contributed by atoms with van der Waals surface area (Å²) < 4.78 is 65.3. The van der Waals surface area contributed by atoms with Gasteiger partial charge in [0, 0.05) is 0 Å². The van der Waals surface area contributed by atoms with E-state index in [9.17, 15) is 26.7 Å². The Bertz CT molecular complexity index is 514. The fourth-order valence-electron chi connectivity index (χ4n) is 2.00. The molecule has 1 aromatic carbocycles. The molecule has 110 valence electrons. The molecule has 1 aromatic rings. The second-order valence-electron chi connectivity index (χ2n) is 4.40. The van der Waals surface area contributed by atoms with Crippen LogP contribution in [0.25, 0.3) is 0 Å². The smallest absolute Gasteiger partial charge is 0.270 e. The monoisotopic (exact) mass is 295 g/mol. The molecule has 3 nitrogen and oxygen atoms in total. The first-order valence-corrected chi connectivity index (χ1v) is 5.91. The Balaban J connectivity index is 2.21. The molecule has 1 N–H and O–H groups in total. The number of carbonyl (C=O) groups is 1. The number of hydrogen-bond donors (Lipinski definition) is 1. The van der Waals surface area contributed by atoms with Gasteiger partial charge in [-0.15, -0.1) is 0 Å². The third kappa shape index (κ3) is 2.60. The van der Waals surface area contributed by atoms with E-state index in [0.717, 1.165) is 12.8 Å². The van der Waals surface area contributed by atoms with E-state index in [-0.39, 0.29) is 6.10 Å². The van der Waals surface area contributed by atoms with E-state index < -0.39 is 40.6 Å². The summed E-state index contributed by atoms with van der Waals surface area (Å²) in [6.45, 7) is 0. The molecule has 0 heterocycles. The third-order valence-corrected chi connectivity index (χ3v) is 3.06. The molecular weight excluding hydrogens is 285 g/mol. The fraction of sp³-hybridized carbons (Fsp3) is 0.417. The molecule has 0 bridgehead atoms. The number of amides is 1. The van der Waals surface area contributed by atoms with Crippen LogP contribution >= 0.6 is 0 Å². The van der Waals surface area contributed by atoms with E-state index in [1.54, 1.807) is 5.48 Å². The van der Waals surface area contributed by atoms with Gasteiger partial charge < -0.3 is 0 Å². The minimum absolute atomic E-state index is 0.319. The van der Waals surface area contributed by atoms with Gasteiger partial charge in [0.15, 0.2) is 23.3 Å². The topological polar surface area (TPSA) is 38.3 Å². The summed E-state index contributed by atoms with van der Waals surface area (Å²) in [5.74, 6) is -12.5. The molecule has 1 aliphatic rings. The summed E-state index contributed by atoms with van der Waals surface area (Å²) in [6.07, 6.45) is 2.74. The second kappa shape index (κ2) is 5.74. The highest BCUT2D eigenvalue weighted by Crippen LogP contribution is 2.24. The molecule has 0 aromatic heterocycles. The Morgan fingerprint density at radius 3 is 1.85 bits per heavy atom. The van der Waals surface area contributed by atoms with Gasteiger partial charge in [0.2, 0.25) is 5.82 Å². The Hall–Kier alpha value is -1.70. The average molecular weight is 295 g/mol. The minimum atomic E-state index is -2.31. The quantitative estimate of drug-likeness (QED) is 0.403. The molecule has 8 heteroatoms. The summed E-state index contributed by atoms with van der Waals surface area (Å²) >= 11 is 0. The van der Waals surface area contributed by atoms with Gasteiger partial charge in [0.25, 0.3) is 5.91 Å². The van der Waals surface area contributed by atoms with Crippen molar-refractivity contribution in [3.8, 4) is 0 Å². The van der Waals surface area contributed by atoms with Crippen molar-refractivity contribution in [2.24, 2.45) is 0 Å². The van der Waals surface area contributed by atoms with E-state index in [4.69, 9.17) is 4.84 Å². The second-order valence-corrected chi connectivity index (χ2v) is 4.40. The van der Waals surface area contributed by atoms with Crippen LogP contribution in [0, 0.1) is 29.1 Å². The van der Waals surface area contributed by atoms with E-state index in [1.165, 1.54) is 0 Å². The first-order chi connectivity index (χ1) is 9.43. The van der Waals surface area contributed by atoms with Gasteiger partial charge in [-0.1, -0.05) is 12.8 Å². The van der Waals surface area contributed by atoms with E-state index in [2.05, 4.69) is 0 Å². The molecule has 0 unspecified atom stereocenters. The van der Waals surface area contributed by atoms with Crippen LogP contribution in [0.4, 0.5) is 22.0 Å². The predicted molar refractivity (Wildman–Crippen MR) is 57.0 cm³/mol. The highest BCUT2D eigenvalue weighted by atomic mass is 19.2. The lowest BCUT2D eigenvalue weighted by molar-refractivity contribution is -0.0130. The molecule has 20 heavy (non-hydrogen) atoms.